The molecule has 0 radical (unpaired) electrons. The van der Waals surface area contributed by atoms with Crippen LogP contribution in [0, 0.1) is 0 Å². The second-order valence-corrected chi connectivity index (χ2v) is 12.1. The molecular formula is C42H24N2O2. The van der Waals surface area contributed by atoms with E-state index in [-0.39, 0.29) is 0 Å². The summed E-state index contributed by atoms with van der Waals surface area (Å²) in [6, 6.07) is 51.6. The van der Waals surface area contributed by atoms with E-state index in [1.54, 1.807) is 0 Å². The standard InChI is InChI=1S/C42H24N2O2/c1-4-12-32-28(9-1)29-22-23-37-40(31-11-3-7-15-35(31)45-37)41(29)43(32)26-19-17-25(18-20-26)27-21-24-38-42-39(27)30-10-2-5-13-33(30)44(42)34-14-6-8-16-36(34)46-38/h1-24H. The number of hydrogen-bond acceptors (Lipinski definition) is 2. The van der Waals surface area contributed by atoms with Crippen LogP contribution in [0.3, 0.4) is 0 Å². The van der Waals surface area contributed by atoms with E-state index in [0.29, 0.717) is 0 Å². The maximum Gasteiger partial charge on any atom is 0.152 e. The molecule has 0 spiro atoms. The first-order chi connectivity index (χ1) is 22.8. The zero-order chi connectivity index (χ0) is 29.9. The summed E-state index contributed by atoms with van der Waals surface area (Å²) in [4.78, 5) is 0. The summed E-state index contributed by atoms with van der Waals surface area (Å²) in [6.07, 6.45) is 0. The summed E-state index contributed by atoms with van der Waals surface area (Å²) in [7, 11) is 0. The van der Waals surface area contributed by atoms with Crippen molar-refractivity contribution in [3.63, 3.8) is 0 Å². The summed E-state index contributed by atoms with van der Waals surface area (Å²) in [6.45, 7) is 0. The summed E-state index contributed by atoms with van der Waals surface area (Å²) in [5.41, 5.74) is 11.0. The molecule has 0 aliphatic carbocycles. The van der Waals surface area contributed by atoms with Gasteiger partial charge >= 0.3 is 0 Å². The van der Waals surface area contributed by atoms with Crippen LogP contribution in [-0.2, 0) is 0 Å². The second kappa shape index (κ2) is 8.68. The monoisotopic (exact) mass is 588 g/mol. The van der Waals surface area contributed by atoms with Crippen LogP contribution in [0.1, 0.15) is 0 Å². The van der Waals surface area contributed by atoms with Crippen LogP contribution < -0.4 is 4.74 Å². The number of fused-ring (bicyclic) bond motifs is 12. The third-order valence-corrected chi connectivity index (χ3v) is 9.72. The van der Waals surface area contributed by atoms with Gasteiger partial charge in [0.15, 0.2) is 11.5 Å². The molecule has 4 nitrogen and oxygen atoms in total. The van der Waals surface area contributed by atoms with E-state index in [9.17, 15) is 0 Å². The Morgan fingerprint density at radius 2 is 1.13 bits per heavy atom. The zero-order valence-corrected chi connectivity index (χ0v) is 24.6. The molecule has 0 fully saturated rings. The maximum atomic E-state index is 6.45. The fourth-order valence-electron chi connectivity index (χ4n) is 7.81. The van der Waals surface area contributed by atoms with E-state index in [1.807, 2.05) is 18.2 Å². The lowest BCUT2D eigenvalue weighted by Gasteiger charge is -2.21. The van der Waals surface area contributed by atoms with Gasteiger partial charge in [0.1, 0.15) is 11.2 Å². The van der Waals surface area contributed by atoms with Crippen LogP contribution in [0.5, 0.6) is 11.5 Å². The van der Waals surface area contributed by atoms with Gasteiger partial charge in [0.05, 0.1) is 33.1 Å². The van der Waals surface area contributed by atoms with E-state index >= 15 is 0 Å². The van der Waals surface area contributed by atoms with Gasteiger partial charge in [-0.2, -0.15) is 0 Å². The molecule has 0 saturated heterocycles. The molecule has 4 heteroatoms. The van der Waals surface area contributed by atoms with Gasteiger partial charge in [-0.15, -0.1) is 0 Å². The molecule has 0 bridgehead atoms. The second-order valence-electron chi connectivity index (χ2n) is 12.1. The number of nitrogens with zero attached hydrogens (tertiary/aromatic N) is 2. The van der Waals surface area contributed by atoms with Gasteiger partial charge in [-0.1, -0.05) is 78.9 Å². The Labute approximate surface area is 262 Å². The lowest BCUT2D eigenvalue weighted by atomic mass is 9.98. The summed E-state index contributed by atoms with van der Waals surface area (Å²) < 4.78 is 17.5. The number of benzene rings is 7. The van der Waals surface area contributed by atoms with Crippen molar-refractivity contribution in [3.05, 3.63) is 146 Å². The molecule has 0 atom stereocenters. The van der Waals surface area contributed by atoms with Crippen LogP contribution in [0.15, 0.2) is 150 Å². The largest absolute Gasteiger partial charge is 0.456 e. The third-order valence-electron chi connectivity index (χ3n) is 9.72. The molecule has 0 saturated carbocycles. The van der Waals surface area contributed by atoms with Crippen molar-refractivity contribution in [2.75, 3.05) is 0 Å². The summed E-state index contributed by atoms with van der Waals surface area (Å²) in [5.74, 6) is 1.76. The highest BCUT2D eigenvalue weighted by atomic mass is 16.5. The molecule has 10 aromatic rings. The Hall–Kier alpha value is -6.26. The van der Waals surface area contributed by atoms with Crippen molar-refractivity contribution in [1.82, 2.24) is 9.13 Å². The Balaban J connectivity index is 1.17. The molecule has 3 aromatic heterocycles. The lowest BCUT2D eigenvalue weighted by Crippen LogP contribution is -2.03. The molecule has 1 aliphatic heterocycles. The quantitative estimate of drug-likeness (QED) is 0.201. The van der Waals surface area contributed by atoms with E-state index in [1.165, 1.54) is 43.7 Å². The Morgan fingerprint density at radius 1 is 0.413 bits per heavy atom. The van der Waals surface area contributed by atoms with Crippen LogP contribution >= 0.6 is 0 Å². The topological polar surface area (TPSA) is 32.2 Å². The zero-order valence-electron chi connectivity index (χ0n) is 24.6. The first-order valence-corrected chi connectivity index (χ1v) is 15.6. The minimum Gasteiger partial charge on any atom is -0.456 e. The highest BCUT2D eigenvalue weighted by molar-refractivity contribution is 6.24. The smallest absolute Gasteiger partial charge is 0.152 e. The third kappa shape index (κ3) is 3.03. The van der Waals surface area contributed by atoms with Gasteiger partial charge in [-0.25, -0.2) is 0 Å². The maximum absolute atomic E-state index is 6.45. The lowest BCUT2D eigenvalue weighted by molar-refractivity contribution is 0.476. The molecule has 0 unspecified atom stereocenters. The average Bonchev–Trinajstić information content (AvgIpc) is 3.78. The molecule has 46 heavy (non-hydrogen) atoms. The van der Waals surface area contributed by atoms with Gasteiger partial charge in [0.2, 0.25) is 0 Å². The minimum absolute atomic E-state index is 0.875. The molecule has 214 valence electrons. The van der Waals surface area contributed by atoms with Gasteiger partial charge in [-0.3, -0.25) is 0 Å². The highest BCUT2D eigenvalue weighted by Gasteiger charge is 2.26. The summed E-state index contributed by atoms with van der Waals surface area (Å²) in [5, 5.41) is 7.16. The van der Waals surface area contributed by atoms with Gasteiger partial charge in [0, 0.05) is 32.6 Å². The van der Waals surface area contributed by atoms with Crippen molar-refractivity contribution < 1.29 is 9.15 Å². The molecule has 11 rings (SSSR count). The summed E-state index contributed by atoms with van der Waals surface area (Å²) >= 11 is 0. The van der Waals surface area contributed by atoms with Crippen molar-refractivity contribution >= 4 is 65.6 Å². The van der Waals surface area contributed by atoms with Crippen LogP contribution in [0.25, 0.3) is 88.1 Å². The van der Waals surface area contributed by atoms with Crippen molar-refractivity contribution in [1.29, 1.82) is 0 Å². The van der Waals surface area contributed by atoms with Gasteiger partial charge < -0.3 is 18.3 Å². The first-order valence-electron chi connectivity index (χ1n) is 15.6. The number of hydrogen-bond donors (Lipinski definition) is 0. The molecule has 4 heterocycles. The molecule has 0 N–H and O–H groups in total. The molecule has 1 aliphatic rings. The van der Waals surface area contributed by atoms with Crippen molar-refractivity contribution in [2.24, 2.45) is 0 Å². The van der Waals surface area contributed by atoms with Gasteiger partial charge in [0.25, 0.3) is 0 Å². The fraction of sp³-hybridized carbons (Fsp3) is 0. The predicted octanol–water partition coefficient (Wildman–Crippen LogP) is 11.6. The number of aromatic nitrogens is 2. The predicted molar refractivity (Wildman–Crippen MR) is 188 cm³/mol. The SMILES string of the molecule is c1ccc2c(c1)Oc1ccc(-c3ccc(-n4c5ccccc5c5ccc6oc7ccccc7c6c54)cc3)c3c4ccccc4n-2c13. The minimum atomic E-state index is 0.875. The number of furan rings is 1. The van der Waals surface area contributed by atoms with Crippen molar-refractivity contribution in [2.45, 2.75) is 0 Å². The van der Waals surface area contributed by atoms with E-state index in [0.717, 1.165) is 55.9 Å². The van der Waals surface area contributed by atoms with Gasteiger partial charge in [-0.05, 0) is 77.9 Å². The Bertz CT molecular complexity index is 2880. The van der Waals surface area contributed by atoms with Crippen LogP contribution in [0.4, 0.5) is 0 Å². The number of ether oxygens (including phenoxy) is 1. The van der Waals surface area contributed by atoms with Crippen LogP contribution in [-0.4, -0.2) is 9.13 Å². The molecule has 7 aromatic carbocycles. The Morgan fingerprint density at radius 3 is 2.00 bits per heavy atom. The van der Waals surface area contributed by atoms with E-state index in [2.05, 4.69) is 137 Å². The highest BCUT2D eigenvalue weighted by Crippen LogP contribution is 2.48. The molecular weight excluding hydrogens is 564 g/mol. The Kier molecular flexibility index (Phi) is 4.55. The fourth-order valence-corrected chi connectivity index (χ4v) is 7.81. The average molecular weight is 589 g/mol. The van der Waals surface area contributed by atoms with E-state index < -0.39 is 0 Å². The first kappa shape index (κ1) is 24.1. The van der Waals surface area contributed by atoms with Crippen molar-refractivity contribution in [3.8, 4) is 34.0 Å². The van der Waals surface area contributed by atoms with E-state index in [4.69, 9.17) is 9.15 Å². The number of para-hydroxylation sites is 5. The molecule has 0 amide bonds. The number of rotatable bonds is 2. The normalized spacial score (nSPS) is 12.5. The van der Waals surface area contributed by atoms with Crippen LogP contribution in [0.2, 0.25) is 0 Å².